The molecule has 1 unspecified atom stereocenters. The van der Waals surface area contributed by atoms with Gasteiger partial charge in [0, 0.05) is 24.5 Å². The van der Waals surface area contributed by atoms with E-state index in [9.17, 15) is 9.59 Å². The van der Waals surface area contributed by atoms with E-state index in [2.05, 4.69) is 10.2 Å². The molecule has 0 aliphatic carbocycles. The largest absolute Gasteiger partial charge is 0.464 e. The first-order valence-corrected chi connectivity index (χ1v) is 7.20. The molecule has 1 heterocycles. The SMILES string of the molecule is CCOC(=O)C(N)C(=O)Nc1ccc(N2CCCC2)cc1. The number of anilines is 2. The highest BCUT2D eigenvalue weighted by Gasteiger charge is 2.23. The summed E-state index contributed by atoms with van der Waals surface area (Å²) >= 11 is 0. The van der Waals surface area contributed by atoms with Crippen LogP contribution < -0.4 is 16.0 Å². The third-order valence-electron chi connectivity index (χ3n) is 3.43. The molecule has 1 aromatic rings. The van der Waals surface area contributed by atoms with Gasteiger partial charge >= 0.3 is 5.97 Å². The van der Waals surface area contributed by atoms with Crippen LogP contribution in [0.15, 0.2) is 24.3 Å². The van der Waals surface area contributed by atoms with Gasteiger partial charge in [0.25, 0.3) is 5.91 Å². The molecule has 1 aromatic carbocycles. The molecule has 1 fully saturated rings. The van der Waals surface area contributed by atoms with Gasteiger partial charge in [0.05, 0.1) is 6.61 Å². The summed E-state index contributed by atoms with van der Waals surface area (Å²) in [5, 5.41) is 2.62. The lowest BCUT2D eigenvalue weighted by molar-refractivity contribution is -0.146. The fourth-order valence-corrected chi connectivity index (χ4v) is 2.29. The number of hydrogen-bond acceptors (Lipinski definition) is 5. The van der Waals surface area contributed by atoms with Crippen molar-refractivity contribution in [3.8, 4) is 0 Å². The topological polar surface area (TPSA) is 84.7 Å². The monoisotopic (exact) mass is 291 g/mol. The summed E-state index contributed by atoms with van der Waals surface area (Å²) < 4.78 is 4.72. The minimum atomic E-state index is -1.30. The van der Waals surface area contributed by atoms with Crippen LogP contribution >= 0.6 is 0 Å². The van der Waals surface area contributed by atoms with Gasteiger partial charge < -0.3 is 20.7 Å². The van der Waals surface area contributed by atoms with E-state index in [0.29, 0.717) is 5.69 Å². The number of nitrogens with two attached hydrogens (primary N) is 1. The second-order valence-corrected chi connectivity index (χ2v) is 4.96. The molecule has 6 heteroatoms. The highest BCUT2D eigenvalue weighted by Crippen LogP contribution is 2.22. The molecule has 1 amide bonds. The molecule has 0 bridgehead atoms. The standard InChI is InChI=1S/C15H21N3O3/c1-2-21-15(20)13(16)14(19)17-11-5-7-12(8-6-11)18-9-3-4-10-18/h5-8,13H,2-4,9-10,16H2,1H3,(H,17,19). The van der Waals surface area contributed by atoms with Crippen molar-refractivity contribution in [3.05, 3.63) is 24.3 Å². The van der Waals surface area contributed by atoms with Crippen LogP contribution in [-0.4, -0.2) is 37.6 Å². The van der Waals surface area contributed by atoms with Gasteiger partial charge in [-0.3, -0.25) is 4.79 Å². The van der Waals surface area contributed by atoms with Crippen molar-refractivity contribution in [2.45, 2.75) is 25.8 Å². The summed E-state index contributed by atoms with van der Waals surface area (Å²) in [6.45, 7) is 4.00. The van der Waals surface area contributed by atoms with E-state index in [1.807, 2.05) is 24.3 Å². The first-order chi connectivity index (χ1) is 10.1. The Kier molecular flexibility index (Phi) is 5.16. The Morgan fingerprint density at radius 1 is 1.29 bits per heavy atom. The lowest BCUT2D eigenvalue weighted by Gasteiger charge is -2.18. The second-order valence-electron chi connectivity index (χ2n) is 4.96. The van der Waals surface area contributed by atoms with Gasteiger partial charge in [0.1, 0.15) is 0 Å². The van der Waals surface area contributed by atoms with Gasteiger partial charge in [0.2, 0.25) is 0 Å². The van der Waals surface area contributed by atoms with Crippen molar-refractivity contribution >= 4 is 23.3 Å². The van der Waals surface area contributed by atoms with Crippen LogP contribution in [0.4, 0.5) is 11.4 Å². The molecular weight excluding hydrogens is 270 g/mol. The average Bonchev–Trinajstić information content (AvgIpc) is 3.01. The number of esters is 1. The number of nitrogens with zero attached hydrogens (tertiary/aromatic N) is 1. The maximum absolute atomic E-state index is 11.8. The van der Waals surface area contributed by atoms with E-state index < -0.39 is 17.9 Å². The Labute approximate surface area is 124 Å². The molecule has 6 nitrogen and oxygen atoms in total. The summed E-state index contributed by atoms with van der Waals surface area (Å²) in [6.07, 6.45) is 2.43. The highest BCUT2D eigenvalue weighted by atomic mass is 16.5. The quantitative estimate of drug-likeness (QED) is 0.627. The number of hydrogen-bond donors (Lipinski definition) is 2. The van der Waals surface area contributed by atoms with Crippen LogP contribution in [0.5, 0.6) is 0 Å². The first-order valence-electron chi connectivity index (χ1n) is 7.20. The molecule has 1 aliphatic rings. The third-order valence-corrected chi connectivity index (χ3v) is 3.43. The minimum Gasteiger partial charge on any atom is -0.464 e. The zero-order valence-corrected chi connectivity index (χ0v) is 12.2. The number of amides is 1. The van der Waals surface area contributed by atoms with E-state index in [0.717, 1.165) is 18.8 Å². The third kappa shape index (κ3) is 3.95. The van der Waals surface area contributed by atoms with Crippen LogP contribution in [0.25, 0.3) is 0 Å². The fourth-order valence-electron chi connectivity index (χ4n) is 2.29. The number of benzene rings is 1. The molecule has 2 rings (SSSR count). The number of carbonyl (C=O) groups excluding carboxylic acids is 2. The molecule has 1 saturated heterocycles. The number of ether oxygens (including phenoxy) is 1. The Morgan fingerprint density at radius 3 is 2.48 bits per heavy atom. The molecule has 1 atom stereocenters. The molecule has 114 valence electrons. The van der Waals surface area contributed by atoms with Gasteiger partial charge in [-0.15, -0.1) is 0 Å². The van der Waals surface area contributed by atoms with Gasteiger partial charge in [0.15, 0.2) is 6.04 Å². The van der Waals surface area contributed by atoms with Crippen LogP contribution in [-0.2, 0) is 14.3 Å². The van der Waals surface area contributed by atoms with E-state index in [-0.39, 0.29) is 6.61 Å². The molecule has 0 aromatic heterocycles. The fraction of sp³-hybridized carbons (Fsp3) is 0.467. The molecule has 1 aliphatic heterocycles. The predicted molar refractivity (Wildman–Crippen MR) is 81.1 cm³/mol. The van der Waals surface area contributed by atoms with E-state index in [1.165, 1.54) is 12.8 Å². The normalized spacial score (nSPS) is 15.6. The van der Waals surface area contributed by atoms with Crippen LogP contribution in [0.3, 0.4) is 0 Å². The molecular formula is C15H21N3O3. The Balaban J connectivity index is 1.93. The molecule has 21 heavy (non-hydrogen) atoms. The average molecular weight is 291 g/mol. The second kappa shape index (κ2) is 7.08. The zero-order valence-electron chi connectivity index (χ0n) is 12.2. The summed E-state index contributed by atoms with van der Waals surface area (Å²) in [6, 6.07) is 6.23. The van der Waals surface area contributed by atoms with Gasteiger partial charge in [-0.05, 0) is 44.0 Å². The van der Waals surface area contributed by atoms with Gasteiger partial charge in [-0.1, -0.05) is 0 Å². The van der Waals surface area contributed by atoms with E-state index in [1.54, 1.807) is 6.92 Å². The Morgan fingerprint density at radius 2 is 1.90 bits per heavy atom. The Bertz CT molecular complexity index is 495. The maximum atomic E-state index is 11.8. The van der Waals surface area contributed by atoms with Crippen LogP contribution in [0.1, 0.15) is 19.8 Å². The zero-order chi connectivity index (χ0) is 15.2. The predicted octanol–water partition coefficient (Wildman–Crippen LogP) is 1.12. The molecule has 0 saturated carbocycles. The molecule has 0 spiro atoms. The molecule has 0 radical (unpaired) electrons. The summed E-state index contributed by atoms with van der Waals surface area (Å²) in [5.74, 6) is -1.29. The van der Waals surface area contributed by atoms with Crippen molar-refractivity contribution < 1.29 is 14.3 Å². The van der Waals surface area contributed by atoms with Crippen molar-refractivity contribution in [3.63, 3.8) is 0 Å². The van der Waals surface area contributed by atoms with E-state index in [4.69, 9.17) is 10.5 Å². The van der Waals surface area contributed by atoms with Crippen molar-refractivity contribution in [2.75, 3.05) is 29.9 Å². The lowest BCUT2D eigenvalue weighted by Crippen LogP contribution is -2.43. The molecule has 3 N–H and O–H groups in total. The first kappa shape index (κ1) is 15.3. The van der Waals surface area contributed by atoms with Crippen molar-refractivity contribution in [1.82, 2.24) is 0 Å². The lowest BCUT2D eigenvalue weighted by atomic mass is 10.2. The summed E-state index contributed by atoms with van der Waals surface area (Å²) in [7, 11) is 0. The van der Waals surface area contributed by atoms with Crippen LogP contribution in [0, 0.1) is 0 Å². The van der Waals surface area contributed by atoms with Gasteiger partial charge in [-0.25, -0.2) is 4.79 Å². The summed E-state index contributed by atoms with van der Waals surface area (Å²) in [4.78, 5) is 25.5. The van der Waals surface area contributed by atoms with Crippen molar-refractivity contribution in [2.24, 2.45) is 5.73 Å². The van der Waals surface area contributed by atoms with E-state index >= 15 is 0 Å². The number of nitrogens with one attached hydrogen (secondary N) is 1. The maximum Gasteiger partial charge on any atom is 0.332 e. The summed E-state index contributed by atoms with van der Waals surface area (Å²) in [5.41, 5.74) is 7.28. The van der Waals surface area contributed by atoms with Crippen molar-refractivity contribution in [1.29, 1.82) is 0 Å². The smallest absolute Gasteiger partial charge is 0.332 e. The minimum absolute atomic E-state index is 0.199. The van der Waals surface area contributed by atoms with Crippen LogP contribution in [0.2, 0.25) is 0 Å². The number of rotatable bonds is 5. The number of carbonyl (C=O) groups is 2. The highest BCUT2D eigenvalue weighted by molar-refractivity contribution is 6.08. The van der Waals surface area contributed by atoms with Gasteiger partial charge in [-0.2, -0.15) is 0 Å². The Hall–Kier alpha value is -2.08.